The number of nitrogens with zero attached hydrogens (tertiary/aromatic N) is 2. The number of halogens is 3. The van der Waals surface area contributed by atoms with Gasteiger partial charge in [-0.2, -0.15) is 13.2 Å². The molecule has 6 nitrogen and oxygen atoms in total. The van der Waals surface area contributed by atoms with Crippen LogP contribution in [0.25, 0.3) is 0 Å². The van der Waals surface area contributed by atoms with Crippen LogP contribution >= 0.6 is 11.3 Å². The zero-order valence-corrected chi connectivity index (χ0v) is 12.6. The molecular weight excluding hydrogens is 341 g/mol. The maximum Gasteiger partial charge on any atom is 0.445 e. The minimum atomic E-state index is -4.66. The summed E-state index contributed by atoms with van der Waals surface area (Å²) in [6, 6.07) is 5.86. The lowest BCUT2D eigenvalue weighted by molar-refractivity contribution is -0.138. The first-order valence-corrected chi connectivity index (χ1v) is 8.25. The van der Waals surface area contributed by atoms with Gasteiger partial charge in [0.05, 0.1) is 4.90 Å². The van der Waals surface area contributed by atoms with Crippen LogP contribution in [-0.2, 0) is 22.6 Å². The van der Waals surface area contributed by atoms with Gasteiger partial charge in [0, 0.05) is 0 Å². The molecule has 0 aliphatic carbocycles. The fourth-order valence-electron chi connectivity index (χ4n) is 1.55. The van der Waals surface area contributed by atoms with Crippen LogP contribution in [0.1, 0.15) is 10.6 Å². The molecule has 0 amide bonds. The second-order valence-electron chi connectivity index (χ2n) is 4.20. The Morgan fingerprint density at radius 2 is 1.82 bits per heavy atom. The molecule has 0 radical (unpaired) electrons. The van der Waals surface area contributed by atoms with Gasteiger partial charge in [0.1, 0.15) is 0 Å². The average molecular weight is 352 g/mol. The fraction of sp³-hybridized carbons (Fsp3) is 0.273. The molecule has 0 aliphatic heterocycles. The molecule has 1 aromatic carbocycles. The van der Waals surface area contributed by atoms with Gasteiger partial charge < -0.3 is 5.73 Å². The van der Waals surface area contributed by atoms with Crippen LogP contribution in [0.3, 0.4) is 0 Å². The van der Waals surface area contributed by atoms with Gasteiger partial charge in [0.15, 0.2) is 0 Å². The third-order valence-corrected chi connectivity index (χ3v) is 4.92. The molecule has 0 saturated carbocycles. The van der Waals surface area contributed by atoms with E-state index in [1.165, 1.54) is 12.1 Å². The number of hydrogen-bond acceptors (Lipinski definition) is 6. The smallest absolute Gasteiger partial charge is 0.330 e. The Morgan fingerprint density at radius 1 is 1.18 bits per heavy atom. The number of aromatic nitrogens is 2. The minimum absolute atomic E-state index is 0.0861. The molecule has 1 heterocycles. The van der Waals surface area contributed by atoms with Crippen molar-refractivity contribution in [1.29, 1.82) is 0 Å². The maximum atomic E-state index is 12.4. The van der Waals surface area contributed by atoms with Gasteiger partial charge >= 0.3 is 6.18 Å². The van der Waals surface area contributed by atoms with Crippen molar-refractivity contribution in [3.63, 3.8) is 0 Å². The van der Waals surface area contributed by atoms with Gasteiger partial charge in [0.2, 0.25) is 10.1 Å². The van der Waals surface area contributed by atoms with E-state index in [4.69, 9.17) is 5.73 Å². The summed E-state index contributed by atoms with van der Waals surface area (Å²) in [5, 5.41) is 4.42. The minimum Gasteiger partial charge on any atom is -0.330 e. The molecule has 3 N–H and O–H groups in total. The molecule has 0 saturated heterocycles. The number of sulfonamides is 1. The lowest BCUT2D eigenvalue weighted by Crippen LogP contribution is -2.13. The summed E-state index contributed by atoms with van der Waals surface area (Å²) in [6.45, 7) is 0.426. The Labute approximate surface area is 128 Å². The monoisotopic (exact) mass is 352 g/mol. The molecule has 22 heavy (non-hydrogen) atoms. The van der Waals surface area contributed by atoms with E-state index in [1.54, 1.807) is 12.1 Å². The molecular formula is C11H11F3N4O2S2. The highest BCUT2D eigenvalue weighted by molar-refractivity contribution is 7.93. The van der Waals surface area contributed by atoms with E-state index in [2.05, 4.69) is 10.2 Å². The Balaban J connectivity index is 2.18. The third-order valence-electron chi connectivity index (χ3n) is 2.56. The molecule has 2 aromatic rings. The van der Waals surface area contributed by atoms with Gasteiger partial charge in [-0.25, -0.2) is 8.42 Å². The quantitative estimate of drug-likeness (QED) is 0.856. The predicted molar refractivity (Wildman–Crippen MR) is 74.9 cm³/mol. The van der Waals surface area contributed by atoms with E-state index in [-0.39, 0.29) is 16.2 Å². The summed E-state index contributed by atoms with van der Waals surface area (Å²) in [6.07, 6.45) is -4.07. The SMILES string of the molecule is NCCc1ccc(S(=O)(=O)Nc2nnc(C(F)(F)F)s2)cc1. The Hall–Kier alpha value is -1.72. The number of nitrogens with two attached hydrogens (primary N) is 1. The highest BCUT2D eigenvalue weighted by Crippen LogP contribution is 2.33. The Kier molecular flexibility index (Phi) is 4.68. The summed E-state index contributed by atoms with van der Waals surface area (Å²) in [7, 11) is -4.02. The van der Waals surface area contributed by atoms with E-state index < -0.39 is 26.3 Å². The van der Waals surface area contributed by atoms with Crippen molar-refractivity contribution in [2.45, 2.75) is 17.5 Å². The summed E-state index contributed by atoms with van der Waals surface area (Å²) >= 11 is 0.119. The topological polar surface area (TPSA) is 98.0 Å². The molecule has 120 valence electrons. The van der Waals surface area contributed by atoms with Crippen molar-refractivity contribution in [1.82, 2.24) is 10.2 Å². The van der Waals surface area contributed by atoms with E-state index in [9.17, 15) is 21.6 Å². The van der Waals surface area contributed by atoms with Crippen LogP contribution in [0.15, 0.2) is 29.2 Å². The summed E-state index contributed by atoms with van der Waals surface area (Å²) in [5.41, 5.74) is 6.25. The standard InChI is InChI=1S/C11H11F3N4O2S2/c12-11(13,14)9-16-17-10(21-9)18-22(19,20)8-3-1-7(2-4-8)5-6-15/h1-4H,5-6,15H2,(H,17,18). The van der Waals surface area contributed by atoms with Gasteiger partial charge in [-0.3, -0.25) is 4.72 Å². The van der Waals surface area contributed by atoms with Gasteiger partial charge in [-0.1, -0.05) is 23.5 Å². The first kappa shape index (κ1) is 16.6. The fourth-order valence-corrected chi connectivity index (χ4v) is 3.40. The predicted octanol–water partition coefficient (Wildman–Crippen LogP) is 1.86. The maximum absolute atomic E-state index is 12.4. The molecule has 0 bridgehead atoms. The Morgan fingerprint density at radius 3 is 2.32 bits per heavy atom. The van der Waals surface area contributed by atoms with Gasteiger partial charge in [-0.15, -0.1) is 10.2 Å². The first-order valence-electron chi connectivity index (χ1n) is 5.95. The third kappa shape index (κ3) is 3.93. The molecule has 0 spiro atoms. The lowest BCUT2D eigenvalue weighted by atomic mass is 10.2. The van der Waals surface area contributed by atoms with E-state index in [0.717, 1.165) is 5.56 Å². The number of rotatable bonds is 5. The number of benzene rings is 1. The van der Waals surface area contributed by atoms with E-state index in [1.807, 2.05) is 4.72 Å². The second-order valence-corrected chi connectivity index (χ2v) is 6.86. The van der Waals surface area contributed by atoms with Crippen LogP contribution in [-0.4, -0.2) is 25.2 Å². The van der Waals surface area contributed by atoms with Gasteiger partial charge in [-0.05, 0) is 30.7 Å². The van der Waals surface area contributed by atoms with Crippen molar-refractivity contribution in [2.75, 3.05) is 11.3 Å². The van der Waals surface area contributed by atoms with E-state index >= 15 is 0 Å². The lowest BCUT2D eigenvalue weighted by Gasteiger charge is -2.05. The molecule has 11 heteroatoms. The van der Waals surface area contributed by atoms with Crippen LogP contribution in [0.4, 0.5) is 18.3 Å². The normalized spacial score (nSPS) is 12.4. The zero-order chi connectivity index (χ0) is 16.4. The number of hydrogen-bond donors (Lipinski definition) is 2. The van der Waals surface area contributed by atoms with Crippen molar-refractivity contribution in [2.24, 2.45) is 5.73 Å². The molecule has 2 rings (SSSR count). The zero-order valence-electron chi connectivity index (χ0n) is 11.0. The molecule has 0 fully saturated rings. The summed E-state index contributed by atoms with van der Waals surface area (Å²) in [5.74, 6) is 0. The van der Waals surface area contributed by atoms with E-state index in [0.29, 0.717) is 13.0 Å². The van der Waals surface area contributed by atoms with Crippen LogP contribution < -0.4 is 10.5 Å². The first-order chi connectivity index (χ1) is 10.2. The van der Waals surface area contributed by atoms with Crippen LogP contribution in [0.2, 0.25) is 0 Å². The van der Waals surface area contributed by atoms with Crippen molar-refractivity contribution in [3.05, 3.63) is 34.8 Å². The number of nitrogens with one attached hydrogen (secondary N) is 1. The summed E-state index contributed by atoms with van der Waals surface area (Å²) in [4.78, 5) is -0.0861. The molecule has 1 aromatic heterocycles. The number of anilines is 1. The Bertz CT molecular complexity index is 741. The second kappa shape index (κ2) is 6.18. The summed E-state index contributed by atoms with van der Waals surface area (Å²) < 4.78 is 63.3. The highest BCUT2D eigenvalue weighted by Gasteiger charge is 2.36. The molecule has 0 aliphatic rings. The van der Waals surface area contributed by atoms with Crippen molar-refractivity contribution in [3.8, 4) is 0 Å². The van der Waals surface area contributed by atoms with Crippen LogP contribution in [0, 0.1) is 0 Å². The highest BCUT2D eigenvalue weighted by atomic mass is 32.2. The van der Waals surface area contributed by atoms with Crippen molar-refractivity contribution < 1.29 is 21.6 Å². The average Bonchev–Trinajstić information content (AvgIpc) is 2.87. The molecule has 0 atom stereocenters. The molecule has 0 unspecified atom stereocenters. The van der Waals surface area contributed by atoms with Crippen LogP contribution in [0.5, 0.6) is 0 Å². The van der Waals surface area contributed by atoms with Gasteiger partial charge in [0.25, 0.3) is 10.0 Å². The number of alkyl halides is 3. The van der Waals surface area contributed by atoms with Crippen molar-refractivity contribution >= 4 is 26.5 Å². The largest absolute Gasteiger partial charge is 0.445 e.